The monoisotopic (exact) mass is 794 g/mol. The number of methoxy groups -OCH3 is 1. The number of nitrogens with one attached hydrogen (secondary N) is 3. The molecule has 2 unspecified atom stereocenters. The third-order valence-corrected chi connectivity index (χ3v) is 10.9. The number of aromatic nitrogens is 4. The first kappa shape index (κ1) is 40.5. The topological polar surface area (TPSA) is 148 Å². The van der Waals surface area contributed by atoms with Gasteiger partial charge in [-0.1, -0.05) is 24.6 Å². The number of carbonyl (C=O) groups is 4. The van der Waals surface area contributed by atoms with Gasteiger partial charge in [-0.3, -0.25) is 23.9 Å². The Morgan fingerprint density at radius 2 is 1.77 bits per heavy atom. The highest BCUT2D eigenvalue weighted by molar-refractivity contribution is 6.34. The molecule has 2 aliphatic rings. The SMILES string of the molecule is CCC(CC[NH+]1CCNC(=O)C1)C(=O)N1CCN(C(=O)c2ccc(NC(=O)c3ncc(-c4ccc(-c5cn(CCOC)nc5C)c(F)c4F)n3C)cc2Cl)CC1. The second kappa shape index (κ2) is 17.7. The lowest BCUT2D eigenvalue weighted by molar-refractivity contribution is -0.893. The lowest BCUT2D eigenvalue weighted by atomic mass is 9.99. The van der Waals surface area contributed by atoms with Crippen molar-refractivity contribution in [3.05, 3.63) is 76.5 Å². The second-order valence-corrected chi connectivity index (χ2v) is 14.5. The van der Waals surface area contributed by atoms with Crippen molar-refractivity contribution in [1.29, 1.82) is 0 Å². The van der Waals surface area contributed by atoms with Crippen LogP contribution in [0.4, 0.5) is 14.5 Å². The van der Waals surface area contributed by atoms with E-state index in [1.807, 2.05) is 11.8 Å². The molecule has 3 N–H and O–H groups in total. The number of hydrogen-bond donors (Lipinski definition) is 3. The van der Waals surface area contributed by atoms with Crippen molar-refractivity contribution in [2.24, 2.45) is 13.0 Å². The van der Waals surface area contributed by atoms with Crippen LogP contribution in [-0.2, 0) is 27.9 Å². The van der Waals surface area contributed by atoms with E-state index >= 15 is 8.78 Å². The van der Waals surface area contributed by atoms with E-state index in [1.165, 1.54) is 47.0 Å². The lowest BCUT2D eigenvalue weighted by Crippen LogP contribution is -3.15. The molecule has 0 bridgehead atoms. The maximum absolute atomic E-state index is 15.6. The summed E-state index contributed by atoms with van der Waals surface area (Å²) in [7, 11) is 3.09. The van der Waals surface area contributed by atoms with E-state index in [0.29, 0.717) is 82.2 Å². The van der Waals surface area contributed by atoms with Crippen LogP contribution in [0.5, 0.6) is 0 Å². The van der Waals surface area contributed by atoms with Crippen LogP contribution in [0.1, 0.15) is 46.4 Å². The molecule has 2 atom stereocenters. The highest BCUT2D eigenvalue weighted by Crippen LogP contribution is 2.33. The highest BCUT2D eigenvalue weighted by atomic mass is 35.5. The Morgan fingerprint density at radius 3 is 2.46 bits per heavy atom. The number of imidazole rings is 1. The van der Waals surface area contributed by atoms with Gasteiger partial charge in [0.05, 0.1) is 61.0 Å². The maximum atomic E-state index is 15.6. The Morgan fingerprint density at radius 1 is 1.05 bits per heavy atom. The van der Waals surface area contributed by atoms with Gasteiger partial charge in [0.2, 0.25) is 5.91 Å². The predicted molar refractivity (Wildman–Crippen MR) is 205 cm³/mol. The number of piperazine rings is 2. The second-order valence-electron chi connectivity index (χ2n) is 14.1. The summed E-state index contributed by atoms with van der Waals surface area (Å²) in [5.74, 6) is -3.14. The van der Waals surface area contributed by atoms with Gasteiger partial charge in [-0.15, -0.1) is 0 Å². The molecule has 0 spiro atoms. The van der Waals surface area contributed by atoms with E-state index in [0.717, 1.165) is 13.1 Å². The summed E-state index contributed by atoms with van der Waals surface area (Å²) in [5, 5.41) is 10.0. The van der Waals surface area contributed by atoms with Crippen LogP contribution < -0.4 is 15.5 Å². The Hall–Kier alpha value is -5.19. The third kappa shape index (κ3) is 8.77. The van der Waals surface area contributed by atoms with Crippen molar-refractivity contribution in [2.45, 2.75) is 33.2 Å². The minimum absolute atomic E-state index is 0.0387. The van der Waals surface area contributed by atoms with Crippen molar-refractivity contribution >= 4 is 40.9 Å². The number of carbonyl (C=O) groups excluding carboxylic acids is 4. The fourth-order valence-corrected chi connectivity index (χ4v) is 7.53. The zero-order valence-corrected chi connectivity index (χ0v) is 32.7. The first-order valence-corrected chi connectivity index (χ1v) is 19.1. The van der Waals surface area contributed by atoms with E-state index in [-0.39, 0.29) is 56.9 Å². The molecule has 2 aromatic carbocycles. The number of anilines is 1. The average Bonchev–Trinajstić information content (AvgIpc) is 3.76. The van der Waals surface area contributed by atoms with Crippen molar-refractivity contribution in [2.75, 3.05) is 71.4 Å². The van der Waals surface area contributed by atoms with Gasteiger partial charge in [-0.05, 0) is 37.6 Å². The first-order chi connectivity index (χ1) is 26.9. The minimum atomic E-state index is -1.09. The molecule has 0 radical (unpaired) electrons. The molecule has 4 heterocycles. The van der Waals surface area contributed by atoms with Crippen molar-refractivity contribution in [3.63, 3.8) is 0 Å². The van der Waals surface area contributed by atoms with Gasteiger partial charge in [0, 0.05) is 81.2 Å². The zero-order chi connectivity index (χ0) is 40.1. The standard InChI is InChI=1S/C39H46ClF2N9O5/c1-5-25(10-12-48-13-11-43-33(52)23-48)38(54)49-14-16-50(17-15-49)39(55)28-7-6-26(20-31(28)40)45-37(53)36-44-21-32(47(36)3)29-9-8-27(34(41)35(29)42)30-22-51(18-19-56-4)46-24(30)2/h6-9,20-22,25H,5,10-19,23H2,1-4H3,(H,43,52)(H,45,53)/p+1. The molecule has 0 saturated carbocycles. The number of halogens is 3. The molecule has 4 amide bonds. The quantitative estimate of drug-likeness (QED) is 0.189. The smallest absolute Gasteiger partial charge is 0.291 e. The van der Waals surface area contributed by atoms with Crippen molar-refractivity contribution in [1.82, 2.24) is 34.4 Å². The van der Waals surface area contributed by atoms with Crippen molar-refractivity contribution < 1.29 is 37.6 Å². The maximum Gasteiger partial charge on any atom is 0.291 e. The van der Waals surface area contributed by atoms with Crippen LogP contribution in [0, 0.1) is 24.5 Å². The molecule has 0 aliphatic carbocycles. The molecular formula is C39H47ClF2N9O5+. The fourth-order valence-electron chi connectivity index (χ4n) is 7.27. The molecule has 4 aromatic rings. The Labute approximate surface area is 328 Å². The molecular weight excluding hydrogens is 748 g/mol. The lowest BCUT2D eigenvalue weighted by Gasteiger charge is -2.36. The predicted octanol–water partition coefficient (Wildman–Crippen LogP) is 2.80. The van der Waals surface area contributed by atoms with Gasteiger partial charge in [-0.2, -0.15) is 5.10 Å². The largest absolute Gasteiger partial charge is 0.383 e. The number of amides is 4. The summed E-state index contributed by atoms with van der Waals surface area (Å²) in [6.07, 6.45) is 4.34. The van der Waals surface area contributed by atoms with E-state index < -0.39 is 17.5 Å². The molecule has 17 heteroatoms. The Balaban J connectivity index is 1.05. The van der Waals surface area contributed by atoms with Gasteiger partial charge >= 0.3 is 0 Å². The van der Waals surface area contributed by atoms with Gasteiger partial charge in [0.15, 0.2) is 24.0 Å². The Bertz CT molecular complexity index is 2110. The summed E-state index contributed by atoms with van der Waals surface area (Å²) in [4.78, 5) is 60.7. The van der Waals surface area contributed by atoms with E-state index in [4.69, 9.17) is 16.3 Å². The summed E-state index contributed by atoms with van der Waals surface area (Å²) in [5.41, 5.74) is 1.72. The van der Waals surface area contributed by atoms with Crippen LogP contribution in [-0.4, -0.2) is 119 Å². The van der Waals surface area contributed by atoms with Crippen LogP contribution in [0.3, 0.4) is 0 Å². The van der Waals surface area contributed by atoms with Crippen LogP contribution in [0.15, 0.2) is 42.7 Å². The average molecular weight is 795 g/mol. The molecule has 6 rings (SSSR count). The number of benzene rings is 2. The van der Waals surface area contributed by atoms with E-state index in [1.54, 1.807) is 35.9 Å². The number of hydrogen-bond acceptors (Lipinski definition) is 7. The van der Waals surface area contributed by atoms with E-state index in [2.05, 4.69) is 20.7 Å². The highest BCUT2D eigenvalue weighted by Gasteiger charge is 2.31. The molecule has 2 aliphatic heterocycles. The van der Waals surface area contributed by atoms with Crippen LogP contribution in [0.2, 0.25) is 5.02 Å². The number of quaternary nitrogens is 1. The Kier molecular flexibility index (Phi) is 12.8. The van der Waals surface area contributed by atoms with Gasteiger partial charge in [-0.25, -0.2) is 13.8 Å². The molecule has 14 nitrogen and oxygen atoms in total. The normalized spacial score (nSPS) is 16.5. The van der Waals surface area contributed by atoms with E-state index in [9.17, 15) is 19.2 Å². The third-order valence-electron chi connectivity index (χ3n) is 10.5. The van der Waals surface area contributed by atoms with Gasteiger partial charge < -0.3 is 34.6 Å². The summed E-state index contributed by atoms with van der Waals surface area (Å²) in [6.45, 7) is 8.78. The number of aryl methyl sites for hydroxylation is 1. The molecule has 2 saturated heterocycles. The molecule has 2 aromatic heterocycles. The molecule has 2 fully saturated rings. The summed E-state index contributed by atoms with van der Waals surface area (Å²) in [6, 6.07) is 7.45. The molecule has 298 valence electrons. The van der Waals surface area contributed by atoms with Crippen molar-refractivity contribution in [3.8, 4) is 22.4 Å². The summed E-state index contributed by atoms with van der Waals surface area (Å²) >= 11 is 6.56. The van der Waals surface area contributed by atoms with Crippen LogP contribution in [0.25, 0.3) is 22.4 Å². The molecule has 56 heavy (non-hydrogen) atoms. The summed E-state index contributed by atoms with van der Waals surface area (Å²) < 4.78 is 39.1. The van der Waals surface area contributed by atoms with Gasteiger partial charge in [0.25, 0.3) is 17.7 Å². The minimum Gasteiger partial charge on any atom is -0.383 e. The zero-order valence-electron chi connectivity index (χ0n) is 32.0. The fraction of sp³-hybridized carbons (Fsp3) is 0.436. The van der Waals surface area contributed by atoms with Gasteiger partial charge in [0.1, 0.15) is 0 Å². The number of rotatable bonds is 13. The first-order valence-electron chi connectivity index (χ1n) is 18.7. The number of ether oxygens (including phenoxy) is 1. The van der Waals surface area contributed by atoms with Crippen LogP contribution >= 0.6 is 11.6 Å². The number of nitrogens with zero attached hydrogens (tertiary/aromatic N) is 6.